The van der Waals surface area contributed by atoms with Gasteiger partial charge in [0.1, 0.15) is 5.15 Å². The molecule has 2 rings (SSSR count). The Balaban J connectivity index is 1.92. The van der Waals surface area contributed by atoms with Gasteiger partial charge in [-0.3, -0.25) is 9.59 Å². The first-order chi connectivity index (χ1) is 9.61. The Bertz CT molecular complexity index is 499. The zero-order valence-corrected chi connectivity index (χ0v) is 12.2. The first kappa shape index (κ1) is 14.8. The molecule has 1 fully saturated rings. The van der Waals surface area contributed by atoms with Crippen LogP contribution in [-0.4, -0.2) is 40.8 Å². The number of aromatic nitrogens is 1. The van der Waals surface area contributed by atoms with Crippen LogP contribution in [0, 0.1) is 0 Å². The van der Waals surface area contributed by atoms with Crippen LogP contribution in [0.1, 0.15) is 36.5 Å². The molecule has 5 nitrogen and oxygen atoms in total. The number of hydrogen-bond donors (Lipinski definition) is 1. The minimum Gasteiger partial charge on any atom is -0.353 e. The van der Waals surface area contributed by atoms with Gasteiger partial charge in [-0.2, -0.15) is 0 Å². The molecule has 0 radical (unpaired) electrons. The van der Waals surface area contributed by atoms with Crippen molar-refractivity contribution < 1.29 is 9.59 Å². The maximum Gasteiger partial charge on any atom is 0.256 e. The van der Waals surface area contributed by atoms with Gasteiger partial charge in [0.2, 0.25) is 5.91 Å². The molecule has 1 N–H and O–H groups in total. The Kier molecular flexibility index (Phi) is 4.95. The van der Waals surface area contributed by atoms with Crippen LogP contribution in [0.4, 0.5) is 0 Å². The number of carbonyl (C=O) groups excluding carboxylic acids is 2. The number of carbonyl (C=O) groups is 2. The summed E-state index contributed by atoms with van der Waals surface area (Å²) in [6.07, 6.45) is 3.60. The van der Waals surface area contributed by atoms with Gasteiger partial charge in [-0.15, -0.1) is 0 Å². The number of piperidine rings is 1. The minimum atomic E-state index is -0.0941. The standard InChI is InChI=1S/C14H18ClN3O2/c1-2-12(19)17-10-5-8-18(9-6-10)14(20)11-4-3-7-16-13(11)15/h3-4,7,10H,2,5-6,8-9H2,1H3,(H,17,19). The van der Waals surface area contributed by atoms with Gasteiger partial charge < -0.3 is 10.2 Å². The molecule has 6 heteroatoms. The molecule has 2 amide bonds. The van der Waals surface area contributed by atoms with Crippen LogP contribution >= 0.6 is 11.6 Å². The van der Waals surface area contributed by atoms with Gasteiger partial charge in [0.05, 0.1) is 5.56 Å². The van der Waals surface area contributed by atoms with Crippen LogP contribution in [0.5, 0.6) is 0 Å². The number of hydrogen-bond acceptors (Lipinski definition) is 3. The number of halogens is 1. The van der Waals surface area contributed by atoms with E-state index in [1.807, 2.05) is 6.92 Å². The highest BCUT2D eigenvalue weighted by atomic mass is 35.5. The summed E-state index contributed by atoms with van der Waals surface area (Å²) >= 11 is 5.94. The van der Waals surface area contributed by atoms with Crippen LogP contribution < -0.4 is 5.32 Å². The van der Waals surface area contributed by atoms with Crippen LogP contribution in [0.2, 0.25) is 5.15 Å². The average molecular weight is 296 g/mol. The van der Waals surface area contributed by atoms with Crippen molar-refractivity contribution in [3.05, 3.63) is 29.0 Å². The molecule has 0 aromatic carbocycles. The van der Waals surface area contributed by atoms with E-state index in [9.17, 15) is 9.59 Å². The van der Waals surface area contributed by atoms with E-state index in [-0.39, 0.29) is 23.0 Å². The molecular formula is C14H18ClN3O2. The fourth-order valence-electron chi connectivity index (χ4n) is 2.27. The zero-order valence-electron chi connectivity index (χ0n) is 11.4. The lowest BCUT2D eigenvalue weighted by atomic mass is 10.0. The van der Waals surface area contributed by atoms with Crippen molar-refractivity contribution in [2.45, 2.75) is 32.2 Å². The molecule has 0 unspecified atom stereocenters. The number of nitrogens with zero attached hydrogens (tertiary/aromatic N) is 2. The van der Waals surface area contributed by atoms with Crippen molar-refractivity contribution in [1.29, 1.82) is 0 Å². The number of pyridine rings is 1. The van der Waals surface area contributed by atoms with E-state index in [0.29, 0.717) is 25.1 Å². The summed E-state index contributed by atoms with van der Waals surface area (Å²) in [5.74, 6) is -0.0338. The van der Waals surface area contributed by atoms with Gasteiger partial charge in [-0.1, -0.05) is 18.5 Å². The average Bonchev–Trinajstić information content (AvgIpc) is 2.47. The smallest absolute Gasteiger partial charge is 0.256 e. The third-order valence-corrected chi connectivity index (χ3v) is 3.76. The van der Waals surface area contributed by atoms with Gasteiger partial charge in [0.15, 0.2) is 0 Å². The Morgan fingerprint density at radius 2 is 2.15 bits per heavy atom. The third kappa shape index (κ3) is 3.48. The summed E-state index contributed by atoms with van der Waals surface area (Å²) in [6, 6.07) is 3.55. The molecular weight excluding hydrogens is 278 g/mol. The molecule has 108 valence electrons. The van der Waals surface area contributed by atoms with Gasteiger partial charge >= 0.3 is 0 Å². The van der Waals surface area contributed by atoms with Crippen LogP contribution in [0.3, 0.4) is 0 Å². The van der Waals surface area contributed by atoms with Crippen molar-refractivity contribution in [3.63, 3.8) is 0 Å². The van der Waals surface area contributed by atoms with E-state index in [4.69, 9.17) is 11.6 Å². The summed E-state index contributed by atoms with van der Waals surface area (Å²) in [5.41, 5.74) is 0.435. The van der Waals surface area contributed by atoms with Crippen molar-refractivity contribution >= 4 is 23.4 Å². The van der Waals surface area contributed by atoms with E-state index in [0.717, 1.165) is 12.8 Å². The van der Waals surface area contributed by atoms with Gasteiger partial charge in [0.25, 0.3) is 5.91 Å². The maximum atomic E-state index is 12.3. The van der Waals surface area contributed by atoms with E-state index in [1.165, 1.54) is 0 Å². The van der Waals surface area contributed by atoms with E-state index in [1.54, 1.807) is 23.2 Å². The predicted molar refractivity (Wildman–Crippen MR) is 76.6 cm³/mol. The quantitative estimate of drug-likeness (QED) is 0.866. The molecule has 0 bridgehead atoms. The molecule has 0 spiro atoms. The van der Waals surface area contributed by atoms with E-state index >= 15 is 0 Å². The Morgan fingerprint density at radius 1 is 1.45 bits per heavy atom. The van der Waals surface area contributed by atoms with E-state index in [2.05, 4.69) is 10.3 Å². The summed E-state index contributed by atoms with van der Waals surface area (Å²) in [4.78, 5) is 29.3. The van der Waals surface area contributed by atoms with Crippen molar-refractivity contribution in [2.75, 3.05) is 13.1 Å². The predicted octanol–water partition coefficient (Wildman–Crippen LogP) is 1.87. The lowest BCUT2D eigenvalue weighted by Gasteiger charge is -2.32. The fraction of sp³-hybridized carbons (Fsp3) is 0.500. The molecule has 0 atom stereocenters. The summed E-state index contributed by atoms with van der Waals surface area (Å²) in [6.45, 7) is 3.08. The lowest BCUT2D eigenvalue weighted by molar-refractivity contribution is -0.121. The van der Waals surface area contributed by atoms with Gasteiger partial charge in [-0.25, -0.2) is 4.98 Å². The summed E-state index contributed by atoms with van der Waals surface area (Å²) < 4.78 is 0. The topological polar surface area (TPSA) is 62.3 Å². The monoisotopic (exact) mass is 295 g/mol. The zero-order chi connectivity index (χ0) is 14.5. The SMILES string of the molecule is CCC(=O)NC1CCN(C(=O)c2cccnc2Cl)CC1. The maximum absolute atomic E-state index is 12.3. The molecule has 0 aliphatic carbocycles. The second-order valence-corrected chi connectivity index (χ2v) is 5.19. The highest BCUT2D eigenvalue weighted by Gasteiger charge is 2.25. The Morgan fingerprint density at radius 3 is 2.75 bits per heavy atom. The highest BCUT2D eigenvalue weighted by Crippen LogP contribution is 2.18. The fourth-order valence-corrected chi connectivity index (χ4v) is 2.47. The number of likely N-dealkylation sites (tertiary alicyclic amines) is 1. The second-order valence-electron chi connectivity index (χ2n) is 4.83. The first-order valence-electron chi connectivity index (χ1n) is 6.81. The third-order valence-electron chi connectivity index (χ3n) is 3.46. The van der Waals surface area contributed by atoms with Gasteiger partial charge in [0, 0.05) is 31.7 Å². The van der Waals surface area contributed by atoms with Gasteiger partial charge in [-0.05, 0) is 25.0 Å². The molecule has 1 aromatic rings. The molecule has 20 heavy (non-hydrogen) atoms. The van der Waals surface area contributed by atoms with Crippen LogP contribution in [0.25, 0.3) is 0 Å². The summed E-state index contributed by atoms with van der Waals surface area (Å²) in [7, 11) is 0. The van der Waals surface area contributed by atoms with E-state index < -0.39 is 0 Å². The summed E-state index contributed by atoms with van der Waals surface area (Å²) in [5, 5.41) is 3.20. The van der Waals surface area contributed by atoms with Crippen molar-refractivity contribution in [2.24, 2.45) is 0 Å². The highest BCUT2D eigenvalue weighted by molar-refractivity contribution is 6.32. The van der Waals surface area contributed by atoms with Crippen molar-refractivity contribution in [1.82, 2.24) is 15.2 Å². The van der Waals surface area contributed by atoms with Crippen molar-refractivity contribution in [3.8, 4) is 0 Å². The lowest BCUT2D eigenvalue weighted by Crippen LogP contribution is -2.46. The Labute approximate surface area is 123 Å². The Hall–Kier alpha value is -1.62. The molecule has 0 saturated carbocycles. The molecule has 1 aliphatic rings. The number of rotatable bonds is 3. The molecule has 1 aromatic heterocycles. The molecule has 1 aliphatic heterocycles. The first-order valence-corrected chi connectivity index (χ1v) is 7.18. The molecule has 1 saturated heterocycles. The largest absolute Gasteiger partial charge is 0.353 e. The number of nitrogens with one attached hydrogen (secondary N) is 1. The minimum absolute atomic E-state index is 0.0603. The number of amides is 2. The van der Waals surface area contributed by atoms with Crippen LogP contribution in [-0.2, 0) is 4.79 Å². The second kappa shape index (κ2) is 6.70. The van der Waals surface area contributed by atoms with Crippen LogP contribution in [0.15, 0.2) is 18.3 Å². The normalized spacial score (nSPS) is 16.0. The molecule has 2 heterocycles.